The second-order valence-electron chi connectivity index (χ2n) is 8.51. The molecule has 0 bridgehead atoms. The van der Waals surface area contributed by atoms with Crippen LogP contribution >= 0.6 is 11.3 Å². The smallest absolute Gasteiger partial charge is 0.201 e. The summed E-state index contributed by atoms with van der Waals surface area (Å²) in [4.78, 5) is 0. The molecule has 0 aliphatic rings. The molecule has 172 valence electrons. The Morgan fingerprint density at radius 1 is 1.06 bits per heavy atom. The lowest BCUT2D eigenvalue weighted by Gasteiger charge is -2.18. The van der Waals surface area contributed by atoms with Crippen LogP contribution in [0.3, 0.4) is 0 Å². The van der Waals surface area contributed by atoms with Crippen LogP contribution in [0.4, 0.5) is 13.2 Å². The molecule has 1 nitrogen and oxygen atoms in total. The maximum Gasteiger partial charge on any atom is 0.393 e. The van der Waals surface area contributed by atoms with Gasteiger partial charge in [0.2, 0.25) is 5.69 Å². The fourth-order valence-electron chi connectivity index (χ4n) is 4.35. The topological polar surface area (TPSA) is 3.88 Å². The summed E-state index contributed by atoms with van der Waals surface area (Å²) in [5, 5.41) is 1.94. The van der Waals surface area contributed by atoms with E-state index in [2.05, 4.69) is 0 Å². The van der Waals surface area contributed by atoms with Gasteiger partial charge in [-0.2, -0.15) is 13.2 Å². The number of rotatable bonds is 4. The molecule has 5 heteroatoms. The number of thiophene rings is 1. The number of fused-ring (bicyclic) bond motifs is 1. The van der Waals surface area contributed by atoms with Crippen molar-refractivity contribution in [2.75, 3.05) is 0 Å². The van der Waals surface area contributed by atoms with Gasteiger partial charge in [-0.25, -0.2) is 4.57 Å². The van der Waals surface area contributed by atoms with Gasteiger partial charge in [0.1, 0.15) is 7.05 Å². The summed E-state index contributed by atoms with van der Waals surface area (Å²) in [6.07, 6.45) is -3.76. The Kier molecular flexibility index (Phi) is 4.18. The fourth-order valence-corrected chi connectivity index (χ4v) is 5.56. The van der Waals surface area contributed by atoms with Crippen LogP contribution in [0.1, 0.15) is 57.2 Å². The highest BCUT2D eigenvalue weighted by Crippen LogP contribution is 2.43. The zero-order valence-corrected chi connectivity index (χ0v) is 19.6. The van der Waals surface area contributed by atoms with Crippen LogP contribution in [-0.4, -0.2) is 6.18 Å². The summed E-state index contributed by atoms with van der Waals surface area (Å²) in [6.45, 7) is -0.0354. The summed E-state index contributed by atoms with van der Waals surface area (Å²) in [5.74, 6) is -1.20. The predicted octanol–water partition coefficient (Wildman–Crippen LogP) is 8.21. The van der Waals surface area contributed by atoms with E-state index in [9.17, 15) is 13.2 Å². The molecule has 2 aromatic heterocycles. The first-order valence-electron chi connectivity index (χ1n) is 14.0. The van der Waals surface area contributed by atoms with Crippen LogP contribution in [0.25, 0.3) is 32.5 Å². The van der Waals surface area contributed by atoms with E-state index in [0.717, 1.165) is 0 Å². The molecule has 2 aromatic carbocycles. The Labute approximate surface area is 207 Å². The van der Waals surface area contributed by atoms with Crippen LogP contribution < -0.4 is 4.57 Å². The van der Waals surface area contributed by atoms with E-state index in [1.807, 2.05) is 0 Å². The van der Waals surface area contributed by atoms with Gasteiger partial charge < -0.3 is 0 Å². The highest BCUT2D eigenvalue weighted by atomic mass is 32.1. The molecule has 0 fully saturated rings. The maximum atomic E-state index is 13.3. The minimum atomic E-state index is -4.38. The molecule has 0 saturated carbocycles. The average Bonchev–Trinajstić information content (AvgIpc) is 3.16. The lowest BCUT2D eigenvalue weighted by Crippen LogP contribution is -2.31. The monoisotopic (exact) mass is 475 g/mol. The van der Waals surface area contributed by atoms with Crippen molar-refractivity contribution in [1.29, 1.82) is 0 Å². The Bertz CT molecular complexity index is 1560. The van der Waals surface area contributed by atoms with Crippen LogP contribution in [0.5, 0.6) is 0 Å². The third-order valence-corrected chi connectivity index (χ3v) is 6.85. The number of halogens is 3. The Balaban J connectivity index is 2.08. The molecule has 0 N–H and O–H groups in total. The third kappa shape index (κ3) is 4.43. The number of nitrogens with zero attached hydrogens (tertiary/aromatic N) is 1. The van der Waals surface area contributed by atoms with E-state index >= 15 is 0 Å². The van der Waals surface area contributed by atoms with Gasteiger partial charge in [0.25, 0.3) is 0 Å². The second-order valence-corrected chi connectivity index (χ2v) is 9.39. The summed E-state index contributed by atoms with van der Waals surface area (Å²) in [6, 6.07) is 9.27. The van der Waals surface area contributed by atoms with Crippen molar-refractivity contribution in [3.63, 3.8) is 0 Å². The van der Waals surface area contributed by atoms with E-state index < -0.39 is 32.2 Å². The van der Waals surface area contributed by atoms with Crippen LogP contribution in [0.15, 0.2) is 48.0 Å². The number of pyridine rings is 1. The Morgan fingerprint density at radius 2 is 1.76 bits per heavy atom. The summed E-state index contributed by atoms with van der Waals surface area (Å²) in [5.41, 5.74) is 2.86. The minimum Gasteiger partial charge on any atom is -0.201 e. The van der Waals surface area contributed by atoms with E-state index in [1.165, 1.54) is 34.9 Å². The van der Waals surface area contributed by atoms with Gasteiger partial charge in [0, 0.05) is 26.4 Å². The standard InChI is InChI=1S/C28H29F3NS/c1-16(2)24-26(19(5)12-22-21(14-28(29,30)31)15-33-27(22)24)23-13-20(10-11-32(23)6)25-17(3)8-7-9-18(25)4/h7-13,15-16H,14H2,1-6H3/q+1/i3D3,4D3,16D. The molecule has 0 spiro atoms. The Hall–Kier alpha value is -2.66. The zero-order valence-electron chi connectivity index (χ0n) is 25.8. The molecular weight excluding hydrogens is 439 g/mol. The first-order chi connectivity index (χ1) is 18.2. The number of benzene rings is 2. The lowest BCUT2D eigenvalue weighted by molar-refractivity contribution is -0.660. The summed E-state index contributed by atoms with van der Waals surface area (Å²) in [7, 11) is 1.77. The van der Waals surface area contributed by atoms with Crippen molar-refractivity contribution in [3.8, 4) is 22.4 Å². The predicted molar refractivity (Wildman–Crippen MR) is 132 cm³/mol. The summed E-state index contributed by atoms with van der Waals surface area (Å²) < 4.78 is 99.7. The van der Waals surface area contributed by atoms with Crippen molar-refractivity contribution in [2.45, 2.75) is 53.0 Å². The molecule has 33 heavy (non-hydrogen) atoms. The number of aryl methyl sites for hydroxylation is 4. The molecule has 0 amide bonds. The number of hydrogen-bond donors (Lipinski definition) is 0. The molecule has 0 atom stereocenters. The van der Waals surface area contributed by atoms with Crippen molar-refractivity contribution < 1.29 is 27.3 Å². The molecule has 4 rings (SSSR count). The third-order valence-electron chi connectivity index (χ3n) is 5.79. The quantitative estimate of drug-likeness (QED) is 0.262. The molecule has 4 aromatic rings. The molecule has 0 radical (unpaired) electrons. The Morgan fingerprint density at radius 3 is 2.36 bits per heavy atom. The van der Waals surface area contributed by atoms with Crippen molar-refractivity contribution >= 4 is 21.4 Å². The normalized spacial score (nSPS) is 16.4. The fraction of sp³-hybridized carbons (Fsp3) is 0.321. The van der Waals surface area contributed by atoms with Gasteiger partial charge in [-0.05, 0) is 82.3 Å². The number of aromatic nitrogens is 1. The second kappa shape index (κ2) is 8.60. The molecular formula is C28H29F3NS+. The van der Waals surface area contributed by atoms with Crippen molar-refractivity contribution in [3.05, 3.63) is 75.8 Å². The lowest BCUT2D eigenvalue weighted by atomic mass is 9.87. The van der Waals surface area contributed by atoms with Gasteiger partial charge >= 0.3 is 6.18 Å². The molecule has 2 heterocycles. The van der Waals surface area contributed by atoms with E-state index in [-0.39, 0.29) is 22.3 Å². The highest BCUT2D eigenvalue weighted by Gasteiger charge is 2.31. The van der Waals surface area contributed by atoms with Gasteiger partial charge in [-0.15, -0.1) is 11.3 Å². The summed E-state index contributed by atoms with van der Waals surface area (Å²) >= 11 is 1.17. The molecule has 0 aliphatic heterocycles. The zero-order chi connectivity index (χ0) is 30.0. The van der Waals surface area contributed by atoms with Gasteiger partial charge in [-0.3, -0.25) is 0 Å². The van der Waals surface area contributed by atoms with Crippen molar-refractivity contribution in [1.82, 2.24) is 0 Å². The van der Waals surface area contributed by atoms with Crippen molar-refractivity contribution in [2.24, 2.45) is 7.05 Å². The first kappa shape index (κ1) is 16.0. The van der Waals surface area contributed by atoms with Gasteiger partial charge in [0.05, 0.1) is 12.0 Å². The SMILES string of the molecule is [2H]C([2H])([2H])c1cccc(C([2H])([2H])[2H])c1-c1cc[n+](C)c(-c2c(C)cc3c(CC(F)(F)F)csc3c2C([2H])(C)C)c1. The van der Waals surface area contributed by atoms with Crippen LogP contribution in [0, 0.1) is 20.6 Å². The highest BCUT2D eigenvalue weighted by molar-refractivity contribution is 7.17. The van der Waals surface area contributed by atoms with E-state index in [1.54, 1.807) is 56.8 Å². The number of alkyl halides is 3. The van der Waals surface area contributed by atoms with Crippen LogP contribution in [0.2, 0.25) is 0 Å². The van der Waals surface area contributed by atoms with E-state index in [4.69, 9.17) is 9.60 Å². The van der Waals surface area contributed by atoms with Crippen LogP contribution in [-0.2, 0) is 13.5 Å². The van der Waals surface area contributed by atoms with Gasteiger partial charge in [-0.1, -0.05) is 32.0 Å². The molecule has 0 saturated heterocycles. The first-order valence-corrected chi connectivity index (χ1v) is 11.3. The largest absolute Gasteiger partial charge is 0.393 e. The maximum absolute atomic E-state index is 13.3. The molecule has 0 aliphatic carbocycles. The van der Waals surface area contributed by atoms with Gasteiger partial charge in [0.15, 0.2) is 6.20 Å². The minimum absolute atomic E-state index is 0.0933. The number of hydrogen-bond acceptors (Lipinski definition) is 1. The molecule has 0 unspecified atom stereocenters. The van der Waals surface area contributed by atoms with E-state index in [0.29, 0.717) is 38.0 Å². The average molecular weight is 476 g/mol.